The molecular formula is C19H20N4O2S. The van der Waals surface area contributed by atoms with Gasteiger partial charge in [-0.25, -0.2) is 4.98 Å². The summed E-state index contributed by atoms with van der Waals surface area (Å²) in [6.07, 6.45) is 8.47. The smallest absolute Gasteiger partial charge is 0.259 e. The van der Waals surface area contributed by atoms with Gasteiger partial charge >= 0.3 is 0 Å². The second-order valence-electron chi connectivity index (χ2n) is 6.54. The van der Waals surface area contributed by atoms with Crippen molar-refractivity contribution < 1.29 is 4.79 Å². The molecule has 4 rings (SSSR count). The van der Waals surface area contributed by atoms with Crippen molar-refractivity contribution in [1.29, 1.82) is 0 Å². The molecule has 1 aliphatic rings. The summed E-state index contributed by atoms with van der Waals surface area (Å²) >= 11 is 1.63. The molecule has 3 aromatic heterocycles. The quantitative estimate of drug-likeness (QED) is 0.724. The number of carbonyl (C=O) groups excluding carboxylic acids is 1. The third-order valence-corrected chi connectivity index (χ3v) is 5.86. The van der Waals surface area contributed by atoms with Crippen LogP contribution in [0.1, 0.15) is 41.1 Å². The molecule has 3 aromatic rings. The van der Waals surface area contributed by atoms with E-state index in [0.29, 0.717) is 25.2 Å². The maximum atomic E-state index is 12.5. The van der Waals surface area contributed by atoms with Crippen molar-refractivity contribution in [3.05, 3.63) is 56.7 Å². The van der Waals surface area contributed by atoms with Crippen molar-refractivity contribution in [2.45, 2.75) is 45.1 Å². The van der Waals surface area contributed by atoms with Crippen molar-refractivity contribution in [3.63, 3.8) is 0 Å². The topological polar surface area (TPSA) is 87.7 Å². The number of nitrogens with zero attached hydrogens (tertiary/aromatic N) is 2. The summed E-state index contributed by atoms with van der Waals surface area (Å²) in [5.41, 5.74) is 2.07. The molecule has 0 saturated carbocycles. The molecule has 0 saturated heterocycles. The summed E-state index contributed by atoms with van der Waals surface area (Å²) in [4.78, 5) is 38.1. The van der Waals surface area contributed by atoms with Crippen LogP contribution < -0.4 is 10.9 Å². The SMILES string of the molecule is O=C(CCc1nc2sc3c(c2c(=O)[nH]1)CCCC3)NCc1cccnc1. The number of fused-ring (bicyclic) bond motifs is 3. The van der Waals surface area contributed by atoms with Gasteiger partial charge in [-0.05, 0) is 42.9 Å². The lowest BCUT2D eigenvalue weighted by Gasteiger charge is -2.09. The fourth-order valence-electron chi connectivity index (χ4n) is 3.35. The Morgan fingerprint density at radius 1 is 1.31 bits per heavy atom. The van der Waals surface area contributed by atoms with E-state index in [-0.39, 0.29) is 11.5 Å². The van der Waals surface area contributed by atoms with Gasteiger partial charge in [-0.1, -0.05) is 6.07 Å². The van der Waals surface area contributed by atoms with Crippen LogP contribution in [0.5, 0.6) is 0 Å². The molecule has 0 atom stereocenters. The zero-order valence-corrected chi connectivity index (χ0v) is 15.2. The number of amides is 1. The molecule has 134 valence electrons. The Hall–Kier alpha value is -2.54. The molecule has 0 fully saturated rings. The summed E-state index contributed by atoms with van der Waals surface area (Å²) in [5.74, 6) is 0.514. The Morgan fingerprint density at radius 2 is 2.19 bits per heavy atom. The summed E-state index contributed by atoms with van der Waals surface area (Å²) in [7, 11) is 0. The molecule has 0 aliphatic heterocycles. The Kier molecular flexibility index (Phi) is 4.79. The van der Waals surface area contributed by atoms with Crippen LogP contribution >= 0.6 is 11.3 Å². The maximum Gasteiger partial charge on any atom is 0.259 e. The van der Waals surface area contributed by atoms with E-state index in [1.165, 1.54) is 16.9 Å². The van der Waals surface area contributed by atoms with Crippen LogP contribution in [-0.2, 0) is 30.6 Å². The molecule has 0 radical (unpaired) electrons. The third-order valence-electron chi connectivity index (χ3n) is 4.68. The highest BCUT2D eigenvalue weighted by atomic mass is 32.1. The fourth-order valence-corrected chi connectivity index (χ4v) is 4.63. The summed E-state index contributed by atoms with van der Waals surface area (Å²) < 4.78 is 0. The van der Waals surface area contributed by atoms with Gasteiger partial charge in [0, 0.05) is 36.7 Å². The first-order chi connectivity index (χ1) is 12.7. The van der Waals surface area contributed by atoms with Gasteiger partial charge in [0.25, 0.3) is 5.56 Å². The molecule has 1 amide bonds. The minimum absolute atomic E-state index is 0.0675. The second kappa shape index (κ2) is 7.37. The highest BCUT2D eigenvalue weighted by molar-refractivity contribution is 7.18. The van der Waals surface area contributed by atoms with Gasteiger partial charge in [-0.2, -0.15) is 0 Å². The minimum Gasteiger partial charge on any atom is -0.352 e. The normalized spacial score (nSPS) is 13.5. The van der Waals surface area contributed by atoms with Gasteiger partial charge in [0.05, 0.1) is 5.39 Å². The zero-order chi connectivity index (χ0) is 17.9. The Morgan fingerprint density at radius 3 is 3.04 bits per heavy atom. The average molecular weight is 368 g/mol. The van der Waals surface area contributed by atoms with E-state index >= 15 is 0 Å². The standard InChI is InChI=1S/C19H20N4O2S/c24-16(21-11-12-4-3-9-20-10-12)8-7-15-22-18(25)17-13-5-1-2-6-14(13)26-19(17)23-15/h3-4,9-10H,1-2,5-8,11H2,(H,21,24)(H,22,23,25). The van der Waals surface area contributed by atoms with Gasteiger partial charge in [0.2, 0.25) is 5.91 Å². The first-order valence-corrected chi connectivity index (χ1v) is 9.71. The van der Waals surface area contributed by atoms with Crippen LogP contribution in [0.3, 0.4) is 0 Å². The maximum absolute atomic E-state index is 12.5. The van der Waals surface area contributed by atoms with E-state index < -0.39 is 0 Å². The number of aromatic amines is 1. The Labute approximate surface area is 154 Å². The molecule has 3 heterocycles. The number of pyridine rings is 1. The number of carbonyl (C=O) groups is 1. The van der Waals surface area contributed by atoms with Crippen molar-refractivity contribution in [2.24, 2.45) is 0 Å². The van der Waals surface area contributed by atoms with Gasteiger partial charge < -0.3 is 10.3 Å². The second-order valence-corrected chi connectivity index (χ2v) is 7.63. The molecule has 0 spiro atoms. The minimum atomic E-state index is -0.0693. The lowest BCUT2D eigenvalue weighted by atomic mass is 9.97. The number of nitrogens with one attached hydrogen (secondary N) is 2. The molecule has 0 unspecified atom stereocenters. The van der Waals surface area contributed by atoms with E-state index in [4.69, 9.17) is 0 Å². The number of aromatic nitrogens is 3. The van der Waals surface area contributed by atoms with Crippen LogP contribution in [0.2, 0.25) is 0 Å². The van der Waals surface area contributed by atoms with E-state index in [2.05, 4.69) is 20.3 Å². The van der Waals surface area contributed by atoms with E-state index in [0.717, 1.165) is 35.0 Å². The monoisotopic (exact) mass is 368 g/mol. The number of hydrogen-bond acceptors (Lipinski definition) is 5. The summed E-state index contributed by atoms with van der Waals surface area (Å²) in [6, 6.07) is 3.75. The van der Waals surface area contributed by atoms with E-state index in [1.54, 1.807) is 23.7 Å². The van der Waals surface area contributed by atoms with Gasteiger partial charge in [0.1, 0.15) is 10.7 Å². The predicted octanol–water partition coefficient (Wildman–Crippen LogP) is 2.51. The number of H-pyrrole nitrogens is 1. The van der Waals surface area contributed by atoms with Crippen LogP contribution in [0.15, 0.2) is 29.3 Å². The van der Waals surface area contributed by atoms with Crippen LogP contribution in [0, 0.1) is 0 Å². The molecule has 2 N–H and O–H groups in total. The van der Waals surface area contributed by atoms with E-state index in [1.807, 2.05) is 12.1 Å². The molecule has 0 aromatic carbocycles. The fraction of sp³-hybridized carbons (Fsp3) is 0.368. The summed E-state index contributed by atoms with van der Waals surface area (Å²) in [6.45, 7) is 0.452. The van der Waals surface area contributed by atoms with Crippen LogP contribution in [-0.4, -0.2) is 20.9 Å². The number of thiophene rings is 1. The molecular weight excluding hydrogens is 348 g/mol. The average Bonchev–Trinajstić information content (AvgIpc) is 3.04. The lowest BCUT2D eigenvalue weighted by Crippen LogP contribution is -2.23. The lowest BCUT2D eigenvalue weighted by molar-refractivity contribution is -0.121. The van der Waals surface area contributed by atoms with Crippen molar-refractivity contribution in [1.82, 2.24) is 20.3 Å². The third kappa shape index (κ3) is 3.53. The number of rotatable bonds is 5. The summed E-state index contributed by atoms with van der Waals surface area (Å²) in [5, 5.41) is 3.62. The first kappa shape index (κ1) is 16.9. The predicted molar refractivity (Wildman–Crippen MR) is 101 cm³/mol. The highest BCUT2D eigenvalue weighted by Gasteiger charge is 2.19. The van der Waals surface area contributed by atoms with Gasteiger partial charge in [-0.15, -0.1) is 11.3 Å². The Balaban J connectivity index is 1.42. The molecule has 0 bridgehead atoms. The van der Waals surface area contributed by atoms with Gasteiger partial charge in [-0.3, -0.25) is 14.6 Å². The first-order valence-electron chi connectivity index (χ1n) is 8.90. The van der Waals surface area contributed by atoms with Crippen molar-refractivity contribution in [3.8, 4) is 0 Å². The molecule has 7 heteroatoms. The number of aryl methyl sites for hydroxylation is 3. The Bertz CT molecular complexity index is 994. The molecule has 6 nitrogen and oxygen atoms in total. The van der Waals surface area contributed by atoms with Crippen LogP contribution in [0.4, 0.5) is 0 Å². The van der Waals surface area contributed by atoms with Crippen molar-refractivity contribution >= 4 is 27.5 Å². The largest absolute Gasteiger partial charge is 0.352 e. The highest BCUT2D eigenvalue weighted by Crippen LogP contribution is 2.33. The van der Waals surface area contributed by atoms with Gasteiger partial charge in [0.15, 0.2) is 0 Å². The molecule has 1 aliphatic carbocycles. The van der Waals surface area contributed by atoms with Crippen molar-refractivity contribution in [2.75, 3.05) is 0 Å². The molecule has 26 heavy (non-hydrogen) atoms. The number of hydrogen-bond donors (Lipinski definition) is 2. The van der Waals surface area contributed by atoms with E-state index in [9.17, 15) is 9.59 Å². The van der Waals surface area contributed by atoms with Crippen LogP contribution in [0.25, 0.3) is 10.2 Å². The zero-order valence-electron chi connectivity index (χ0n) is 14.4.